The van der Waals surface area contributed by atoms with E-state index in [1.165, 1.54) is 0 Å². The average Bonchev–Trinajstić information content (AvgIpc) is 2.90. The smallest absolute Gasteiger partial charge is 0.183 e. The van der Waals surface area contributed by atoms with Gasteiger partial charge in [0.1, 0.15) is 0 Å². The van der Waals surface area contributed by atoms with E-state index < -0.39 is 0 Å². The van der Waals surface area contributed by atoms with Gasteiger partial charge in [-0.1, -0.05) is 21.1 Å². The summed E-state index contributed by atoms with van der Waals surface area (Å²) >= 11 is 8.78. The van der Waals surface area contributed by atoms with Crippen LogP contribution >= 0.6 is 28.1 Å². The lowest BCUT2D eigenvalue weighted by Gasteiger charge is -2.13. The third kappa shape index (κ3) is 3.62. The predicted molar refractivity (Wildman–Crippen MR) is 102 cm³/mol. The first kappa shape index (κ1) is 15.8. The summed E-state index contributed by atoms with van der Waals surface area (Å²) in [5.41, 5.74) is 2.73. The predicted octanol–water partition coefficient (Wildman–Crippen LogP) is 4.47. The van der Waals surface area contributed by atoms with E-state index >= 15 is 0 Å². The van der Waals surface area contributed by atoms with Crippen LogP contribution < -0.4 is 15.5 Å². The molecular weight excluding hydrogens is 376 g/mol. The first-order valence-corrected chi connectivity index (χ1v) is 8.13. The summed E-state index contributed by atoms with van der Waals surface area (Å²) in [4.78, 5) is 2.04. The fourth-order valence-corrected chi connectivity index (χ4v) is 2.69. The maximum Gasteiger partial charge on any atom is 0.183 e. The largest absolute Gasteiger partial charge is 0.378 e. The summed E-state index contributed by atoms with van der Waals surface area (Å²) < 4.78 is 6.22. The SMILES string of the molecule is CN(C)c1ccc(NC(=S)Nc2noc3ccc(Br)cc23)cc1. The minimum Gasteiger partial charge on any atom is -0.378 e. The van der Waals surface area contributed by atoms with Crippen LogP contribution in [0.5, 0.6) is 0 Å². The van der Waals surface area contributed by atoms with Gasteiger partial charge in [-0.3, -0.25) is 0 Å². The van der Waals surface area contributed by atoms with Crippen LogP contribution in [0, 0.1) is 0 Å². The lowest BCUT2D eigenvalue weighted by Crippen LogP contribution is -2.19. The molecule has 0 fully saturated rings. The van der Waals surface area contributed by atoms with Crippen molar-refractivity contribution >= 4 is 61.4 Å². The lowest BCUT2D eigenvalue weighted by molar-refractivity contribution is 0.460. The van der Waals surface area contributed by atoms with Gasteiger partial charge in [0.15, 0.2) is 16.5 Å². The summed E-state index contributed by atoms with van der Waals surface area (Å²) in [6.07, 6.45) is 0. The van der Waals surface area contributed by atoms with E-state index in [4.69, 9.17) is 16.7 Å². The number of benzene rings is 2. The molecule has 0 atom stereocenters. The molecule has 23 heavy (non-hydrogen) atoms. The highest BCUT2D eigenvalue weighted by Gasteiger charge is 2.10. The second-order valence-electron chi connectivity index (χ2n) is 5.19. The molecule has 0 aliphatic rings. The number of nitrogens with one attached hydrogen (secondary N) is 2. The van der Waals surface area contributed by atoms with Gasteiger partial charge >= 0.3 is 0 Å². The third-order valence-corrected chi connectivity index (χ3v) is 4.00. The van der Waals surface area contributed by atoms with Crippen molar-refractivity contribution in [3.63, 3.8) is 0 Å². The number of halogens is 1. The molecule has 2 N–H and O–H groups in total. The Bertz CT molecular complexity index is 845. The van der Waals surface area contributed by atoms with Crippen LogP contribution in [0.3, 0.4) is 0 Å². The zero-order valence-corrected chi connectivity index (χ0v) is 15.0. The van der Waals surface area contributed by atoms with Crippen molar-refractivity contribution in [2.24, 2.45) is 0 Å². The Hall–Kier alpha value is -2.12. The topological polar surface area (TPSA) is 53.3 Å². The normalized spacial score (nSPS) is 10.6. The van der Waals surface area contributed by atoms with Crippen LogP contribution in [0.4, 0.5) is 17.2 Å². The van der Waals surface area contributed by atoms with Crippen molar-refractivity contribution in [2.45, 2.75) is 0 Å². The van der Waals surface area contributed by atoms with Gasteiger partial charge in [0, 0.05) is 29.9 Å². The van der Waals surface area contributed by atoms with Crippen molar-refractivity contribution in [2.75, 3.05) is 29.6 Å². The Kier molecular flexibility index (Phi) is 4.49. The second kappa shape index (κ2) is 6.55. The molecule has 0 radical (unpaired) electrons. The molecule has 1 aromatic heterocycles. The van der Waals surface area contributed by atoms with Gasteiger partial charge in [-0.05, 0) is 54.7 Å². The van der Waals surface area contributed by atoms with E-state index in [0.29, 0.717) is 16.5 Å². The molecule has 7 heteroatoms. The van der Waals surface area contributed by atoms with Crippen LogP contribution in [-0.4, -0.2) is 24.4 Å². The van der Waals surface area contributed by atoms with Crippen LogP contribution in [0.15, 0.2) is 51.5 Å². The van der Waals surface area contributed by atoms with Crippen molar-refractivity contribution in [3.8, 4) is 0 Å². The minimum atomic E-state index is 0.456. The Labute approximate surface area is 147 Å². The van der Waals surface area contributed by atoms with E-state index in [1.807, 2.05) is 61.5 Å². The molecule has 0 unspecified atom stereocenters. The fourth-order valence-electron chi connectivity index (χ4n) is 2.11. The molecule has 2 aromatic carbocycles. The number of fused-ring (bicyclic) bond motifs is 1. The molecular formula is C16H15BrN4OS. The molecule has 0 saturated carbocycles. The molecule has 0 saturated heterocycles. The third-order valence-electron chi connectivity index (χ3n) is 3.31. The van der Waals surface area contributed by atoms with Gasteiger partial charge in [-0.2, -0.15) is 0 Å². The first-order valence-electron chi connectivity index (χ1n) is 6.93. The molecule has 0 spiro atoms. The average molecular weight is 391 g/mol. The van der Waals surface area contributed by atoms with E-state index in [1.54, 1.807) is 0 Å². The maximum absolute atomic E-state index is 5.34. The van der Waals surface area contributed by atoms with Crippen LogP contribution in [0.1, 0.15) is 0 Å². The van der Waals surface area contributed by atoms with Gasteiger partial charge in [-0.15, -0.1) is 0 Å². The Morgan fingerprint density at radius 3 is 2.57 bits per heavy atom. The van der Waals surface area contributed by atoms with Gasteiger partial charge in [-0.25, -0.2) is 0 Å². The molecule has 0 amide bonds. The van der Waals surface area contributed by atoms with Crippen molar-refractivity contribution in [1.29, 1.82) is 0 Å². The maximum atomic E-state index is 5.34. The van der Waals surface area contributed by atoms with E-state index in [-0.39, 0.29) is 0 Å². The highest BCUT2D eigenvalue weighted by Crippen LogP contribution is 2.26. The number of nitrogens with zero attached hydrogens (tertiary/aromatic N) is 2. The molecule has 1 heterocycles. The van der Waals surface area contributed by atoms with Gasteiger partial charge < -0.3 is 20.1 Å². The summed E-state index contributed by atoms with van der Waals surface area (Å²) in [7, 11) is 4.00. The Balaban J connectivity index is 1.72. The summed E-state index contributed by atoms with van der Waals surface area (Å²) in [5.74, 6) is 0.587. The minimum absolute atomic E-state index is 0.456. The number of rotatable bonds is 3. The summed E-state index contributed by atoms with van der Waals surface area (Å²) in [6.45, 7) is 0. The highest BCUT2D eigenvalue weighted by atomic mass is 79.9. The lowest BCUT2D eigenvalue weighted by atomic mass is 10.2. The Morgan fingerprint density at radius 1 is 1.13 bits per heavy atom. The number of thiocarbonyl (C=S) groups is 1. The number of aromatic nitrogens is 1. The zero-order valence-electron chi connectivity index (χ0n) is 12.6. The van der Waals surface area contributed by atoms with Gasteiger partial charge in [0.05, 0.1) is 5.39 Å². The molecule has 118 valence electrons. The molecule has 3 aromatic rings. The van der Waals surface area contributed by atoms with Crippen molar-refractivity contribution in [3.05, 3.63) is 46.9 Å². The second-order valence-corrected chi connectivity index (χ2v) is 6.52. The quantitative estimate of drug-likeness (QED) is 0.643. The van der Waals surface area contributed by atoms with Crippen molar-refractivity contribution < 1.29 is 4.52 Å². The number of hydrogen-bond acceptors (Lipinski definition) is 4. The molecule has 5 nitrogen and oxygen atoms in total. The zero-order chi connectivity index (χ0) is 16.4. The van der Waals surface area contributed by atoms with Crippen LogP contribution in [-0.2, 0) is 0 Å². The number of anilines is 3. The van der Waals surface area contributed by atoms with E-state index in [0.717, 1.165) is 21.2 Å². The van der Waals surface area contributed by atoms with Gasteiger partial charge in [0.2, 0.25) is 0 Å². The standard InChI is InChI=1S/C16H15BrN4OS/c1-21(2)12-6-4-11(5-7-12)18-16(23)19-15-13-9-10(17)3-8-14(13)22-20-15/h3-9H,1-2H3,(H2,18,19,20,23). The summed E-state index contributed by atoms with van der Waals surface area (Å²) in [5, 5.41) is 11.5. The van der Waals surface area contributed by atoms with E-state index in [9.17, 15) is 0 Å². The first-order chi connectivity index (χ1) is 11.0. The highest BCUT2D eigenvalue weighted by molar-refractivity contribution is 9.10. The molecule has 3 rings (SSSR count). The van der Waals surface area contributed by atoms with Gasteiger partial charge in [0.25, 0.3) is 0 Å². The summed E-state index contributed by atoms with van der Waals surface area (Å²) in [6, 6.07) is 13.7. The fraction of sp³-hybridized carbons (Fsp3) is 0.125. The number of hydrogen-bond donors (Lipinski definition) is 2. The molecule has 0 aliphatic carbocycles. The molecule has 0 aliphatic heterocycles. The van der Waals surface area contributed by atoms with E-state index in [2.05, 4.69) is 31.7 Å². The van der Waals surface area contributed by atoms with Crippen LogP contribution in [0.2, 0.25) is 0 Å². The van der Waals surface area contributed by atoms with Crippen molar-refractivity contribution in [1.82, 2.24) is 5.16 Å². The monoisotopic (exact) mass is 390 g/mol. The Morgan fingerprint density at radius 2 is 1.87 bits per heavy atom. The van der Waals surface area contributed by atoms with Crippen LogP contribution in [0.25, 0.3) is 11.0 Å². The molecule has 0 bridgehead atoms.